The second-order valence-electron chi connectivity index (χ2n) is 12.8. The van der Waals surface area contributed by atoms with E-state index in [0.717, 1.165) is 64.2 Å². The number of ether oxygens (including phenoxy) is 2. The van der Waals surface area contributed by atoms with Crippen LogP contribution in [0.5, 0.6) is 0 Å². The summed E-state index contributed by atoms with van der Waals surface area (Å²) < 4.78 is 16.6. The Hall–Kier alpha value is -4.75. The van der Waals surface area contributed by atoms with Crippen molar-refractivity contribution in [1.29, 1.82) is 0 Å². The van der Waals surface area contributed by atoms with Gasteiger partial charge in [-0.05, 0) is 55.0 Å². The molecule has 8 rings (SSSR count). The molecule has 1 amide bonds. The normalized spacial score (nSPS) is 17.9. The van der Waals surface area contributed by atoms with Crippen molar-refractivity contribution in [2.24, 2.45) is 7.05 Å². The molecular formula is C34H38N8O5. The van der Waals surface area contributed by atoms with Crippen LogP contribution >= 0.6 is 0 Å². The Morgan fingerprint density at radius 1 is 1.09 bits per heavy atom. The number of nitrogens with zero attached hydrogens (tertiary/aromatic N) is 7. The molecule has 0 saturated carbocycles. The summed E-state index contributed by atoms with van der Waals surface area (Å²) in [5.41, 5.74) is 6.47. The summed E-state index contributed by atoms with van der Waals surface area (Å²) >= 11 is 0. The molecule has 0 radical (unpaired) electrons. The lowest BCUT2D eigenvalue weighted by Crippen LogP contribution is -2.51. The maximum atomic E-state index is 14.0. The second-order valence-corrected chi connectivity index (χ2v) is 12.8. The number of carbonyl (C=O) groups is 2. The third-order valence-electron chi connectivity index (χ3n) is 9.85. The maximum absolute atomic E-state index is 14.0. The lowest BCUT2D eigenvalue weighted by Gasteiger charge is -2.39. The maximum Gasteiger partial charge on any atom is 0.302 e. The van der Waals surface area contributed by atoms with Gasteiger partial charge in [-0.1, -0.05) is 0 Å². The van der Waals surface area contributed by atoms with Gasteiger partial charge in [0.15, 0.2) is 5.82 Å². The van der Waals surface area contributed by atoms with Crippen molar-refractivity contribution < 1.29 is 19.1 Å². The van der Waals surface area contributed by atoms with Crippen LogP contribution in [0.25, 0.3) is 11.1 Å². The van der Waals surface area contributed by atoms with E-state index < -0.39 is 5.97 Å². The molecule has 0 atom stereocenters. The van der Waals surface area contributed by atoms with Crippen LogP contribution in [0.2, 0.25) is 0 Å². The lowest BCUT2D eigenvalue weighted by molar-refractivity contribution is -0.142. The molecule has 0 spiro atoms. The van der Waals surface area contributed by atoms with Crippen LogP contribution in [0.3, 0.4) is 0 Å². The van der Waals surface area contributed by atoms with E-state index in [4.69, 9.17) is 14.6 Å². The van der Waals surface area contributed by atoms with Crippen molar-refractivity contribution in [3.63, 3.8) is 0 Å². The number of rotatable bonds is 7. The quantitative estimate of drug-likeness (QED) is 0.304. The fourth-order valence-corrected chi connectivity index (χ4v) is 7.32. The molecule has 1 fully saturated rings. The number of esters is 1. The zero-order chi connectivity index (χ0) is 32.2. The van der Waals surface area contributed by atoms with Crippen LogP contribution in [0.15, 0.2) is 41.5 Å². The van der Waals surface area contributed by atoms with E-state index in [1.54, 1.807) is 30.4 Å². The van der Waals surface area contributed by atoms with E-state index in [1.165, 1.54) is 22.7 Å². The van der Waals surface area contributed by atoms with Gasteiger partial charge in [-0.15, -0.1) is 0 Å². The van der Waals surface area contributed by atoms with E-state index >= 15 is 0 Å². The summed E-state index contributed by atoms with van der Waals surface area (Å²) in [7, 11) is 1.70. The average molecular weight is 639 g/mol. The van der Waals surface area contributed by atoms with Crippen molar-refractivity contribution in [2.45, 2.75) is 64.9 Å². The van der Waals surface area contributed by atoms with Gasteiger partial charge in [-0.25, -0.2) is 4.98 Å². The summed E-state index contributed by atoms with van der Waals surface area (Å²) in [4.78, 5) is 48.1. The molecule has 7 heterocycles. The number of anilines is 3. The zero-order valence-electron chi connectivity index (χ0n) is 26.7. The topological polar surface area (TPSA) is 129 Å². The third kappa shape index (κ3) is 5.32. The fraction of sp³-hybridized carbons (Fsp3) is 0.441. The number of nitrogens with one attached hydrogen (secondary N) is 1. The van der Waals surface area contributed by atoms with E-state index in [2.05, 4.69) is 19.8 Å². The monoisotopic (exact) mass is 638 g/mol. The number of carbonyl (C=O) groups excluding carboxylic acids is 2. The van der Waals surface area contributed by atoms with Gasteiger partial charge in [0.05, 0.1) is 31.5 Å². The SMILES string of the molecule is CC(=O)OCc1c(-c2cc(Nc3cc4n(n3)CCN(C3COC3)C4)c(=O)n(C)c2)ccnc1N1CCn2c(cc3c2CCCC3)C1=O. The zero-order valence-corrected chi connectivity index (χ0v) is 26.7. The number of hydrogen-bond acceptors (Lipinski definition) is 9. The van der Waals surface area contributed by atoms with Crippen molar-refractivity contribution in [3.05, 3.63) is 75.2 Å². The molecule has 13 nitrogen and oxygen atoms in total. The smallest absolute Gasteiger partial charge is 0.302 e. The van der Waals surface area contributed by atoms with Crippen LogP contribution in [0.4, 0.5) is 17.3 Å². The predicted molar refractivity (Wildman–Crippen MR) is 174 cm³/mol. The van der Waals surface area contributed by atoms with E-state index in [9.17, 15) is 14.4 Å². The summed E-state index contributed by atoms with van der Waals surface area (Å²) in [5, 5.41) is 8.00. The standard InChI is InChI=1S/C34H38N8O5/c1-21(43)47-20-27-26(7-8-35-32(27)41-11-10-40-29-6-4-3-5-22(29)14-30(40)34(41)45)23-13-28(33(44)38(2)16-23)36-31-15-24-17-39(25-18-46-19-25)9-12-42(24)37-31/h7-8,13-16,25H,3-6,9-12,17-20H2,1-2H3,(H,36,37). The molecule has 0 aromatic carbocycles. The molecule has 1 aliphatic carbocycles. The predicted octanol–water partition coefficient (Wildman–Crippen LogP) is 3.01. The molecule has 4 aromatic rings. The van der Waals surface area contributed by atoms with Crippen LogP contribution < -0.4 is 15.8 Å². The van der Waals surface area contributed by atoms with Gasteiger partial charge in [-0.2, -0.15) is 5.10 Å². The highest BCUT2D eigenvalue weighted by Gasteiger charge is 2.33. The Bertz CT molecular complexity index is 1950. The van der Waals surface area contributed by atoms with E-state index in [0.29, 0.717) is 58.8 Å². The third-order valence-corrected chi connectivity index (χ3v) is 9.85. The molecule has 0 unspecified atom stereocenters. The molecule has 1 saturated heterocycles. The molecule has 3 aliphatic heterocycles. The van der Waals surface area contributed by atoms with Gasteiger partial charge in [0.1, 0.15) is 23.8 Å². The molecular weight excluding hydrogens is 600 g/mol. The first kappa shape index (κ1) is 29.6. The van der Waals surface area contributed by atoms with Crippen molar-refractivity contribution >= 4 is 29.2 Å². The Labute approximate surface area is 271 Å². The number of aryl methyl sites for hydroxylation is 2. The molecule has 1 N–H and O–H groups in total. The van der Waals surface area contributed by atoms with Gasteiger partial charge in [0, 0.05) is 75.4 Å². The van der Waals surface area contributed by atoms with Crippen LogP contribution in [-0.4, -0.2) is 73.0 Å². The molecule has 47 heavy (non-hydrogen) atoms. The minimum atomic E-state index is -0.438. The molecule has 244 valence electrons. The van der Waals surface area contributed by atoms with Gasteiger partial charge in [-0.3, -0.25) is 28.9 Å². The Morgan fingerprint density at radius 3 is 2.74 bits per heavy atom. The number of amides is 1. The Balaban J connectivity index is 1.13. The van der Waals surface area contributed by atoms with Gasteiger partial charge in [0.2, 0.25) is 0 Å². The second kappa shape index (κ2) is 11.8. The van der Waals surface area contributed by atoms with Crippen molar-refractivity contribution in [1.82, 2.24) is 28.8 Å². The van der Waals surface area contributed by atoms with Crippen LogP contribution in [0, 0.1) is 0 Å². The molecule has 0 bridgehead atoms. The number of hydrogen-bond donors (Lipinski definition) is 1. The number of aromatic nitrogens is 5. The van der Waals surface area contributed by atoms with Gasteiger partial charge >= 0.3 is 5.97 Å². The summed E-state index contributed by atoms with van der Waals surface area (Å²) in [6.45, 7) is 6.39. The summed E-state index contributed by atoms with van der Waals surface area (Å²) in [5.74, 6) is 0.494. The summed E-state index contributed by atoms with van der Waals surface area (Å²) in [6.07, 6.45) is 7.67. The highest BCUT2D eigenvalue weighted by Crippen LogP contribution is 2.35. The fourth-order valence-electron chi connectivity index (χ4n) is 7.32. The first-order valence-electron chi connectivity index (χ1n) is 16.3. The first-order chi connectivity index (χ1) is 22.8. The number of fused-ring (bicyclic) bond motifs is 4. The van der Waals surface area contributed by atoms with Gasteiger partial charge in [0.25, 0.3) is 11.5 Å². The highest BCUT2D eigenvalue weighted by atomic mass is 16.5. The van der Waals surface area contributed by atoms with Crippen molar-refractivity contribution in [3.8, 4) is 11.1 Å². The molecule has 13 heteroatoms. The van der Waals surface area contributed by atoms with Crippen LogP contribution in [0.1, 0.15) is 52.8 Å². The minimum Gasteiger partial charge on any atom is -0.461 e. The summed E-state index contributed by atoms with van der Waals surface area (Å²) in [6, 6.07) is 8.09. The van der Waals surface area contributed by atoms with Crippen molar-refractivity contribution in [2.75, 3.05) is 36.5 Å². The largest absolute Gasteiger partial charge is 0.461 e. The average Bonchev–Trinajstić information content (AvgIpc) is 3.62. The van der Waals surface area contributed by atoms with Gasteiger partial charge < -0.3 is 23.9 Å². The minimum absolute atomic E-state index is 0.0724. The Kier molecular flexibility index (Phi) is 7.44. The van der Waals surface area contributed by atoms with Crippen LogP contribution in [-0.2, 0) is 60.4 Å². The molecule has 4 aliphatic rings. The lowest BCUT2D eigenvalue weighted by atomic mass is 9.98. The van der Waals surface area contributed by atoms with E-state index in [-0.39, 0.29) is 18.1 Å². The molecule has 4 aromatic heterocycles. The van der Waals surface area contributed by atoms with E-state index in [1.807, 2.05) is 22.9 Å². The number of pyridine rings is 2. The first-order valence-corrected chi connectivity index (χ1v) is 16.3. The highest BCUT2D eigenvalue weighted by molar-refractivity contribution is 6.06. The Morgan fingerprint density at radius 2 is 1.94 bits per heavy atom.